The van der Waals surface area contributed by atoms with E-state index in [1.165, 1.54) is 12.3 Å². The quantitative estimate of drug-likeness (QED) is 0.839. The van der Waals surface area contributed by atoms with Gasteiger partial charge in [0.25, 0.3) is 0 Å². The molecule has 1 aromatic heterocycles. The molecule has 0 aliphatic heterocycles. The highest BCUT2D eigenvalue weighted by molar-refractivity contribution is 9.10. The second-order valence-corrected chi connectivity index (χ2v) is 5.33. The molecule has 0 saturated heterocycles. The monoisotopic (exact) mass is 360 g/mol. The average molecular weight is 362 g/mol. The molecular weight excluding hydrogens is 355 g/mol. The zero-order valence-corrected chi connectivity index (χ0v) is 12.4. The van der Waals surface area contributed by atoms with Crippen LogP contribution in [-0.2, 0) is 0 Å². The fourth-order valence-electron chi connectivity index (χ4n) is 1.40. The SMILES string of the molecule is O=C(O)c1cc(Nc2cc(Br)ccc2Cl)ncc1Cl. The summed E-state index contributed by atoms with van der Waals surface area (Å²) in [6.45, 7) is 0. The molecule has 2 aromatic rings. The Bertz CT molecular complexity index is 650. The van der Waals surface area contributed by atoms with Gasteiger partial charge in [0.1, 0.15) is 5.82 Å². The summed E-state index contributed by atoms with van der Waals surface area (Å²) in [5.41, 5.74) is 0.590. The van der Waals surface area contributed by atoms with Crippen LogP contribution < -0.4 is 5.32 Å². The van der Waals surface area contributed by atoms with Crippen LogP contribution in [0.2, 0.25) is 10.0 Å². The van der Waals surface area contributed by atoms with Gasteiger partial charge in [-0.2, -0.15) is 0 Å². The van der Waals surface area contributed by atoms with Crippen LogP contribution in [0.25, 0.3) is 0 Å². The van der Waals surface area contributed by atoms with Crippen molar-refractivity contribution in [3.63, 3.8) is 0 Å². The van der Waals surface area contributed by atoms with E-state index in [1.54, 1.807) is 18.2 Å². The van der Waals surface area contributed by atoms with Gasteiger partial charge in [0, 0.05) is 10.7 Å². The van der Waals surface area contributed by atoms with Crippen molar-refractivity contribution in [2.24, 2.45) is 0 Å². The normalized spacial score (nSPS) is 10.3. The lowest BCUT2D eigenvalue weighted by Crippen LogP contribution is -2.01. The molecule has 0 saturated carbocycles. The number of nitrogens with zero attached hydrogens (tertiary/aromatic N) is 1. The summed E-state index contributed by atoms with van der Waals surface area (Å²) in [7, 11) is 0. The van der Waals surface area contributed by atoms with Crippen LogP contribution in [0, 0.1) is 0 Å². The number of pyridine rings is 1. The molecule has 19 heavy (non-hydrogen) atoms. The molecule has 0 unspecified atom stereocenters. The molecule has 98 valence electrons. The zero-order chi connectivity index (χ0) is 14.0. The number of aromatic carboxylic acids is 1. The second-order valence-electron chi connectivity index (χ2n) is 3.60. The van der Waals surface area contributed by atoms with Crippen molar-refractivity contribution in [2.45, 2.75) is 0 Å². The minimum absolute atomic E-state index is 0.0229. The van der Waals surface area contributed by atoms with E-state index in [2.05, 4.69) is 26.2 Å². The van der Waals surface area contributed by atoms with Gasteiger partial charge >= 0.3 is 5.97 Å². The van der Waals surface area contributed by atoms with Gasteiger partial charge in [0.2, 0.25) is 0 Å². The molecule has 0 fully saturated rings. The maximum atomic E-state index is 11.0. The summed E-state index contributed by atoms with van der Waals surface area (Å²) >= 11 is 15.1. The van der Waals surface area contributed by atoms with Gasteiger partial charge in [-0.05, 0) is 24.3 Å². The first kappa shape index (κ1) is 14.1. The molecule has 0 amide bonds. The van der Waals surface area contributed by atoms with E-state index in [0.29, 0.717) is 16.5 Å². The number of benzene rings is 1. The van der Waals surface area contributed by atoms with Gasteiger partial charge in [0.15, 0.2) is 0 Å². The van der Waals surface area contributed by atoms with E-state index in [1.807, 2.05) is 0 Å². The Morgan fingerprint density at radius 1 is 1.26 bits per heavy atom. The molecule has 1 aromatic carbocycles. The number of aromatic nitrogens is 1. The topological polar surface area (TPSA) is 62.2 Å². The molecular formula is C12H7BrCl2N2O2. The lowest BCUT2D eigenvalue weighted by Gasteiger charge is -2.09. The van der Waals surface area contributed by atoms with Gasteiger partial charge in [-0.1, -0.05) is 39.1 Å². The Balaban J connectivity index is 2.36. The fraction of sp³-hybridized carbons (Fsp3) is 0. The number of carboxylic acids is 1. The van der Waals surface area contributed by atoms with E-state index in [0.717, 1.165) is 4.47 Å². The largest absolute Gasteiger partial charge is 0.478 e. The highest BCUT2D eigenvalue weighted by Gasteiger charge is 2.11. The number of nitrogens with one attached hydrogen (secondary N) is 1. The first-order valence-electron chi connectivity index (χ1n) is 5.08. The van der Waals surface area contributed by atoms with E-state index in [-0.39, 0.29) is 10.6 Å². The van der Waals surface area contributed by atoms with Gasteiger partial charge in [-0.25, -0.2) is 9.78 Å². The summed E-state index contributed by atoms with van der Waals surface area (Å²) in [5.74, 6) is -0.766. The third kappa shape index (κ3) is 3.37. The predicted molar refractivity (Wildman–Crippen MR) is 78.6 cm³/mol. The molecule has 2 rings (SSSR count). The highest BCUT2D eigenvalue weighted by Crippen LogP contribution is 2.29. The van der Waals surface area contributed by atoms with Crippen LogP contribution in [-0.4, -0.2) is 16.1 Å². The predicted octanol–water partition coefficient (Wildman–Crippen LogP) is 4.59. The van der Waals surface area contributed by atoms with Crippen molar-refractivity contribution in [1.29, 1.82) is 0 Å². The van der Waals surface area contributed by atoms with E-state index in [4.69, 9.17) is 28.3 Å². The van der Waals surface area contributed by atoms with Crippen LogP contribution >= 0.6 is 39.1 Å². The van der Waals surface area contributed by atoms with Gasteiger partial charge in [0.05, 0.1) is 21.3 Å². The van der Waals surface area contributed by atoms with Crippen molar-refractivity contribution in [1.82, 2.24) is 4.98 Å². The Labute approximate surface area is 127 Å². The molecule has 0 aliphatic carbocycles. The number of hydrogen-bond donors (Lipinski definition) is 2. The minimum Gasteiger partial charge on any atom is -0.478 e. The molecule has 2 N–H and O–H groups in total. The molecule has 0 radical (unpaired) electrons. The lowest BCUT2D eigenvalue weighted by atomic mass is 10.2. The first-order chi connectivity index (χ1) is 8.97. The van der Waals surface area contributed by atoms with Crippen molar-refractivity contribution >= 4 is 56.6 Å². The van der Waals surface area contributed by atoms with Crippen LogP contribution in [0.15, 0.2) is 34.9 Å². The van der Waals surface area contributed by atoms with E-state index in [9.17, 15) is 4.79 Å². The van der Waals surface area contributed by atoms with Gasteiger partial charge in [-0.15, -0.1) is 0 Å². The second kappa shape index (κ2) is 5.77. The summed E-state index contributed by atoms with van der Waals surface area (Å²) < 4.78 is 0.840. The summed E-state index contributed by atoms with van der Waals surface area (Å²) in [5, 5.41) is 12.5. The molecule has 0 atom stereocenters. The Morgan fingerprint density at radius 3 is 2.68 bits per heavy atom. The summed E-state index contributed by atoms with van der Waals surface area (Å²) in [4.78, 5) is 15.0. The van der Waals surface area contributed by atoms with E-state index < -0.39 is 5.97 Å². The molecule has 0 bridgehead atoms. The van der Waals surface area contributed by atoms with Crippen molar-refractivity contribution in [3.05, 3.63) is 50.5 Å². The maximum Gasteiger partial charge on any atom is 0.337 e. The molecule has 0 spiro atoms. The number of carboxylic acid groups (broad SMARTS) is 1. The van der Waals surface area contributed by atoms with Crippen molar-refractivity contribution < 1.29 is 9.90 Å². The van der Waals surface area contributed by atoms with Crippen LogP contribution in [0.4, 0.5) is 11.5 Å². The number of anilines is 2. The summed E-state index contributed by atoms with van der Waals surface area (Å²) in [6, 6.07) is 6.62. The molecule has 0 aliphatic rings. The minimum atomic E-state index is -1.12. The number of halogens is 3. The lowest BCUT2D eigenvalue weighted by molar-refractivity contribution is 0.0697. The number of carbonyl (C=O) groups is 1. The fourth-order valence-corrected chi connectivity index (χ4v) is 2.11. The van der Waals surface area contributed by atoms with Crippen LogP contribution in [0.1, 0.15) is 10.4 Å². The van der Waals surface area contributed by atoms with E-state index >= 15 is 0 Å². The average Bonchev–Trinajstić information content (AvgIpc) is 2.36. The smallest absolute Gasteiger partial charge is 0.337 e. The Hall–Kier alpha value is -1.30. The van der Waals surface area contributed by atoms with Gasteiger partial charge in [-0.3, -0.25) is 0 Å². The Kier molecular flexibility index (Phi) is 4.29. The van der Waals surface area contributed by atoms with Gasteiger partial charge < -0.3 is 10.4 Å². The molecule has 7 heteroatoms. The van der Waals surface area contributed by atoms with Crippen LogP contribution in [0.5, 0.6) is 0 Å². The maximum absolute atomic E-state index is 11.0. The number of hydrogen-bond acceptors (Lipinski definition) is 3. The van der Waals surface area contributed by atoms with Crippen molar-refractivity contribution in [3.8, 4) is 0 Å². The standard InChI is InChI=1S/C12H7BrCl2N2O2/c13-6-1-2-8(14)10(3-6)17-11-4-7(12(18)19)9(15)5-16-11/h1-5H,(H,16,17)(H,18,19). The third-order valence-corrected chi connectivity index (χ3v) is 3.40. The molecule has 4 nitrogen and oxygen atoms in total. The molecule has 1 heterocycles. The first-order valence-corrected chi connectivity index (χ1v) is 6.63. The van der Waals surface area contributed by atoms with Crippen LogP contribution in [0.3, 0.4) is 0 Å². The number of rotatable bonds is 3. The summed E-state index contributed by atoms with van der Waals surface area (Å²) in [6.07, 6.45) is 1.28. The third-order valence-electron chi connectivity index (χ3n) is 2.28. The van der Waals surface area contributed by atoms with Crippen molar-refractivity contribution in [2.75, 3.05) is 5.32 Å². The Morgan fingerprint density at radius 2 is 2.00 bits per heavy atom. The zero-order valence-electron chi connectivity index (χ0n) is 9.32. The highest BCUT2D eigenvalue weighted by atomic mass is 79.9.